The normalized spacial score (nSPS) is 18.4. The molecular formula is C86H85FN18O2. The van der Waals surface area contributed by atoms with Gasteiger partial charge in [-0.2, -0.15) is 10.5 Å². The summed E-state index contributed by atoms with van der Waals surface area (Å²) in [5.41, 5.74) is 20.9. The third-order valence-electron chi connectivity index (χ3n) is 23.7. The lowest BCUT2D eigenvalue weighted by molar-refractivity contribution is -0.121. The topological polar surface area (TPSA) is 204 Å². The van der Waals surface area contributed by atoms with E-state index in [0.717, 1.165) is 169 Å². The number of anilines is 3. The quantitative estimate of drug-likeness (QED) is 0.110. The average molecular weight is 1420 g/mol. The fourth-order valence-corrected chi connectivity index (χ4v) is 18.2. The number of fused-ring (bicyclic) bond motifs is 16. The predicted molar refractivity (Wildman–Crippen MR) is 413 cm³/mol. The van der Waals surface area contributed by atoms with E-state index in [1.807, 2.05) is 91.6 Å². The van der Waals surface area contributed by atoms with Crippen LogP contribution < -0.4 is 20.0 Å². The number of nitrogens with zero attached hydrogens (tertiary/aromatic N) is 17. The zero-order valence-electron chi connectivity index (χ0n) is 60.6. The number of Topliss-reactive ketones (excluding diaryl/α,β-unsaturated/α-hetero) is 1. The van der Waals surface area contributed by atoms with Crippen LogP contribution in [-0.2, 0) is 24.4 Å². The molecule has 4 saturated heterocycles. The molecule has 14 heterocycles. The summed E-state index contributed by atoms with van der Waals surface area (Å²) in [6.07, 6.45) is 25.7. The Hall–Kier alpha value is -11.5. The van der Waals surface area contributed by atoms with Gasteiger partial charge in [0.2, 0.25) is 0 Å². The highest BCUT2D eigenvalue weighted by Crippen LogP contribution is 2.45. The Kier molecular flexibility index (Phi) is 17.5. The number of nitrogens with one attached hydrogen (secondary N) is 1. The molecule has 107 heavy (non-hydrogen) atoms. The van der Waals surface area contributed by atoms with Gasteiger partial charge in [-0.15, -0.1) is 10.2 Å². The number of hydrogen-bond donors (Lipinski definition) is 2. The number of aliphatic hydroxyl groups is 1. The largest absolute Gasteiger partial charge is 0.395 e. The summed E-state index contributed by atoms with van der Waals surface area (Å²) in [5, 5.41) is 40.2. The molecule has 1 aliphatic carbocycles. The summed E-state index contributed by atoms with van der Waals surface area (Å²) in [6.45, 7) is 17.2. The number of carbonyl (C=O) groups is 1. The van der Waals surface area contributed by atoms with Crippen LogP contribution in [0, 0.1) is 51.6 Å². The maximum Gasteiger partial charge on any atom is 0.185 e. The van der Waals surface area contributed by atoms with Gasteiger partial charge in [0.15, 0.2) is 17.5 Å². The highest BCUT2D eigenvalue weighted by molar-refractivity contribution is 5.78. The molecule has 12 aromatic rings. The van der Waals surface area contributed by atoms with E-state index in [1.165, 1.54) is 78.0 Å². The Balaban J connectivity index is 0.000000114. The van der Waals surface area contributed by atoms with Crippen molar-refractivity contribution in [3.05, 3.63) is 223 Å². The molecule has 5 fully saturated rings. The van der Waals surface area contributed by atoms with Crippen molar-refractivity contribution in [3.63, 3.8) is 0 Å². The molecule has 538 valence electrons. The first-order chi connectivity index (χ1) is 52.3. The summed E-state index contributed by atoms with van der Waals surface area (Å²) in [6, 6.07) is 49.7. The van der Waals surface area contributed by atoms with Crippen LogP contribution in [0.5, 0.6) is 0 Å². The van der Waals surface area contributed by atoms with Crippen molar-refractivity contribution >= 4 is 23.0 Å². The van der Waals surface area contributed by atoms with Crippen LogP contribution >= 0.6 is 0 Å². The van der Waals surface area contributed by atoms with E-state index in [9.17, 15) is 14.3 Å². The number of aliphatic hydroxyl groups excluding tert-OH is 1. The molecule has 0 radical (unpaired) electrons. The number of carbonyl (C=O) groups excluding carboxylic acids is 1. The van der Waals surface area contributed by atoms with Crippen LogP contribution in [0.15, 0.2) is 189 Å². The van der Waals surface area contributed by atoms with E-state index in [-0.39, 0.29) is 24.2 Å². The second-order valence-corrected chi connectivity index (χ2v) is 31.0. The standard InChI is InChI=1S/C31H34N6O.C29H28FN5O.C26H23N7/c1-21(2)28(20-38)34-16-23-9-11-35(17-23)27-7-8-29-26(13-27)19-36-18-25(24-5-3-22(15-32)4-6-24)14-30(36)31-33-10-12-37(29)31;1-20(36)14-32-17-29(18-32)8-10-33(19-29)25-6-7-26-23(12-25)16-34-15-22(21-2-4-24(30)5-3-21)13-27(34)28-31-9-11-35(26)28;27-12-17-4-6-18(7-5-17)20-10-23-26-30-29-16-33(26)24-13-28-25(11-21(24)15-31(23)14-20)32-9-8-19-2-1-3-22(19)32/h3-8,10,12-14,18,21,23,28,34,38H,9,11,16-17,19-20H2,1-2H3;2-7,9,11-13,15H,8,10,14,16-19H2,1H3;4-7,10-11,13-14,16,19,22H,1-3,8-9,15H2/t23-,28+;;19-,22+/m1.1/s1. The van der Waals surface area contributed by atoms with Crippen molar-refractivity contribution in [3.8, 4) is 97.1 Å². The molecule has 7 aliphatic heterocycles. The van der Waals surface area contributed by atoms with Crippen molar-refractivity contribution in [2.24, 2.45) is 23.2 Å². The minimum absolute atomic E-state index is 0.158. The maximum absolute atomic E-state index is 13.5. The molecule has 8 aliphatic rings. The number of rotatable bonds is 13. The van der Waals surface area contributed by atoms with Gasteiger partial charge in [-0.3, -0.25) is 23.4 Å². The number of benzene rings is 5. The van der Waals surface area contributed by atoms with Gasteiger partial charge in [-0.05, 0) is 182 Å². The minimum Gasteiger partial charge on any atom is -0.395 e. The summed E-state index contributed by atoms with van der Waals surface area (Å²) >= 11 is 0. The molecule has 1 spiro atoms. The van der Waals surface area contributed by atoms with Gasteiger partial charge in [0.1, 0.15) is 23.7 Å². The third-order valence-corrected chi connectivity index (χ3v) is 23.7. The van der Waals surface area contributed by atoms with Crippen molar-refractivity contribution in [2.45, 2.75) is 91.0 Å². The number of imidazole rings is 2. The Labute approximate surface area is 621 Å². The Morgan fingerprint density at radius 3 is 1.76 bits per heavy atom. The van der Waals surface area contributed by atoms with Gasteiger partial charge in [0, 0.05) is 166 Å². The summed E-state index contributed by atoms with van der Waals surface area (Å²) < 4.78 is 26.7. The zero-order valence-corrected chi connectivity index (χ0v) is 60.6. The van der Waals surface area contributed by atoms with E-state index in [4.69, 9.17) is 20.5 Å². The lowest BCUT2D eigenvalue weighted by atomic mass is 9.79. The highest BCUT2D eigenvalue weighted by Gasteiger charge is 2.48. The first-order valence-corrected chi connectivity index (χ1v) is 37.7. The molecule has 0 unspecified atom stereocenters. The molecule has 7 aromatic heterocycles. The molecule has 0 bridgehead atoms. The van der Waals surface area contributed by atoms with E-state index >= 15 is 0 Å². The van der Waals surface area contributed by atoms with Crippen LogP contribution in [0.1, 0.15) is 87.1 Å². The molecular weight excluding hydrogens is 1340 g/mol. The van der Waals surface area contributed by atoms with E-state index in [1.54, 1.807) is 13.3 Å². The Bertz CT molecular complexity index is 5420. The second-order valence-electron chi connectivity index (χ2n) is 31.0. The number of halogens is 1. The fraction of sp³-hybridized carbons (Fsp3) is 0.326. The van der Waals surface area contributed by atoms with E-state index < -0.39 is 0 Å². The van der Waals surface area contributed by atoms with E-state index in [2.05, 4.69) is 173 Å². The molecule has 1 saturated carbocycles. The van der Waals surface area contributed by atoms with Crippen LogP contribution in [-0.4, -0.2) is 146 Å². The minimum atomic E-state index is -0.228. The number of hydrogen-bond acceptors (Lipinski definition) is 14. The van der Waals surface area contributed by atoms with Gasteiger partial charge < -0.3 is 38.8 Å². The number of aromatic nitrogens is 11. The summed E-state index contributed by atoms with van der Waals surface area (Å²) in [4.78, 5) is 35.6. The van der Waals surface area contributed by atoms with Crippen LogP contribution in [0.3, 0.4) is 0 Å². The van der Waals surface area contributed by atoms with Gasteiger partial charge in [0.05, 0.1) is 76.8 Å². The molecule has 0 amide bonds. The number of pyridine rings is 1. The predicted octanol–water partition coefficient (Wildman–Crippen LogP) is 13.7. The number of nitriles is 2. The highest BCUT2D eigenvalue weighted by atomic mass is 19.1. The van der Waals surface area contributed by atoms with Gasteiger partial charge in [0.25, 0.3) is 0 Å². The zero-order chi connectivity index (χ0) is 72.6. The molecule has 5 aromatic carbocycles. The Morgan fingerprint density at radius 2 is 1.19 bits per heavy atom. The smallest absolute Gasteiger partial charge is 0.185 e. The Morgan fingerprint density at radius 1 is 0.617 bits per heavy atom. The molecule has 20 rings (SSSR count). The van der Waals surface area contributed by atoms with Crippen LogP contribution in [0.2, 0.25) is 0 Å². The van der Waals surface area contributed by atoms with E-state index in [0.29, 0.717) is 41.0 Å². The monoisotopic (exact) mass is 1420 g/mol. The van der Waals surface area contributed by atoms with Crippen molar-refractivity contribution in [2.75, 3.05) is 80.2 Å². The van der Waals surface area contributed by atoms with Crippen molar-refractivity contribution in [1.82, 2.24) is 62.8 Å². The van der Waals surface area contributed by atoms with Crippen molar-refractivity contribution in [1.29, 1.82) is 10.5 Å². The molecule has 2 N–H and O–H groups in total. The van der Waals surface area contributed by atoms with Gasteiger partial charge in [-0.25, -0.2) is 19.3 Å². The van der Waals surface area contributed by atoms with Crippen molar-refractivity contribution < 1.29 is 14.3 Å². The molecule has 4 atom stereocenters. The maximum atomic E-state index is 13.5. The lowest BCUT2D eigenvalue weighted by Crippen LogP contribution is -2.58. The SMILES string of the molecule is CC(=O)CN1CC2(CCN(c3ccc4c(c3)Cn3cc(-c5ccc(F)cc5)cc3-c3nccn3-4)C2)C1.CC(C)[C@H](CO)NC[C@H]1CCN(c2ccc3c(c2)Cn2cc(-c4ccc(C#N)cc4)cc2-c2nccn2-3)C1.N#Cc1ccc(-c2cc3n(c2)Cc2cc(N4CC[C@H]5CCC[C@@H]54)ncc2-n2cnnc2-3)cc1. The first-order valence-electron chi connectivity index (χ1n) is 37.7. The first kappa shape index (κ1) is 67.4. The number of ketones is 1. The number of likely N-dealkylation sites (tertiary alicyclic amines) is 1. The van der Waals surface area contributed by atoms with Gasteiger partial charge >= 0.3 is 0 Å². The average Bonchev–Trinajstić information content (AvgIpc) is 1.62. The molecule has 21 heteroatoms. The lowest BCUT2D eigenvalue weighted by Gasteiger charge is -2.47. The molecule has 20 nitrogen and oxygen atoms in total. The third kappa shape index (κ3) is 12.8. The van der Waals surface area contributed by atoms with Crippen LogP contribution in [0.25, 0.3) is 85.0 Å². The second kappa shape index (κ2) is 27.8. The fourth-order valence-electron chi connectivity index (χ4n) is 18.2. The summed E-state index contributed by atoms with van der Waals surface area (Å²) in [5.74, 6) is 5.62. The van der Waals surface area contributed by atoms with Gasteiger partial charge in [-0.1, -0.05) is 56.7 Å². The van der Waals surface area contributed by atoms with Crippen LogP contribution in [0.4, 0.5) is 21.6 Å². The summed E-state index contributed by atoms with van der Waals surface area (Å²) in [7, 11) is 0.